The first-order valence-corrected chi connectivity index (χ1v) is 6.51. The van der Waals surface area contributed by atoms with E-state index >= 15 is 0 Å². The van der Waals surface area contributed by atoms with Crippen molar-refractivity contribution in [3.8, 4) is 6.07 Å². The lowest BCUT2D eigenvalue weighted by Gasteiger charge is -2.04. The zero-order valence-corrected chi connectivity index (χ0v) is 10.9. The SMILES string of the molecule is Cc1ccc(Cn2nc(C3CC3)c(C#N)c2N)cc1. The molecule has 19 heavy (non-hydrogen) atoms. The van der Waals surface area contributed by atoms with Crippen molar-refractivity contribution in [2.24, 2.45) is 0 Å². The van der Waals surface area contributed by atoms with E-state index in [9.17, 15) is 5.26 Å². The lowest BCUT2D eigenvalue weighted by atomic mass is 10.1. The van der Waals surface area contributed by atoms with Crippen LogP contribution < -0.4 is 5.73 Å². The summed E-state index contributed by atoms with van der Waals surface area (Å²) in [5.41, 5.74) is 9.86. The van der Waals surface area contributed by atoms with Crippen molar-refractivity contribution in [1.29, 1.82) is 5.26 Å². The van der Waals surface area contributed by atoms with Gasteiger partial charge in [0, 0.05) is 5.92 Å². The van der Waals surface area contributed by atoms with Gasteiger partial charge in [0.2, 0.25) is 0 Å². The summed E-state index contributed by atoms with van der Waals surface area (Å²) in [7, 11) is 0. The zero-order valence-electron chi connectivity index (χ0n) is 10.9. The maximum atomic E-state index is 9.21. The van der Waals surface area contributed by atoms with E-state index in [4.69, 9.17) is 5.73 Å². The number of benzene rings is 1. The Labute approximate surface area is 112 Å². The van der Waals surface area contributed by atoms with Crippen molar-refractivity contribution < 1.29 is 0 Å². The van der Waals surface area contributed by atoms with Crippen molar-refractivity contribution in [3.63, 3.8) is 0 Å². The minimum atomic E-state index is 0.441. The lowest BCUT2D eigenvalue weighted by Crippen LogP contribution is -2.06. The number of hydrogen-bond donors (Lipinski definition) is 1. The van der Waals surface area contributed by atoms with Gasteiger partial charge in [-0.15, -0.1) is 0 Å². The second-order valence-electron chi connectivity index (χ2n) is 5.17. The quantitative estimate of drug-likeness (QED) is 0.912. The molecule has 2 N–H and O–H groups in total. The molecule has 96 valence electrons. The van der Waals surface area contributed by atoms with Crippen LogP contribution in [0.25, 0.3) is 0 Å². The van der Waals surface area contributed by atoms with E-state index in [0.717, 1.165) is 24.1 Å². The third-order valence-corrected chi connectivity index (χ3v) is 3.55. The fraction of sp³-hybridized carbons (Fsp3) is 0.333. The van der Waals surface area contributed by atoms with Crippen molar-refractivity contribution in [2.75, 3.05) is 5.73 Å². The molecule has 0 aliphatic heterocycles. The van der Waals surface area contributed by atoms with Gasteiger partial charge >= 0.3 is 0 Å². The summed E-state index contributed by atoms with van der Waals surface area (Å²) in [4.78, 5) is 0. The van der Waals surface area contributed by atoms with E-state index in [1.165, 1.54) is 5.56 Å². The number of nitriles is 1. The molecule has 0 spiro atoms. The van der Waals surface area contributed by atoms with Crippen molar-refractivity contribution in [3.05, 3.63) is 46.6 Å². The Morgan fingerprint density at radius 2 is 2.05 bits per heavy atom. The van der Waals surface area contributed by atoms with Gasteiger partial charge in [0.1, 0.15) is 17.5 Å². The Kier molecular flexibility index (Phi) is 2.75. The van der Waals surface area contributed by atoms with Crippen LogP contribution in [0.1, 0.15) is 41.1 Å². The molecule has 0 amide bonds. The van der Waals surface area contributed by atoms with E-state index < -0.39 is 0 Å². The third-order valence-electron chi connectivity index (χ3n) is 3.55. The highest BCUT2D eigenvalue weighted by Gasteiger charge is 2.31. The van der Waals surface area contributed by atoms with Crippen molar-refractivity contribution in [2.45, 2.75) is 32.2 Å². The van der Waals surface area contributed by atoms with Crippen LogP contribution in [0.2, 0.25) is 0 Å². The van der Waals surface area contributed by atoms with Crippen LogP contribution in [0, 0.1) is 18.3 Å². The van der Waals surface area contributed by atoms with Crippen LogP contribution in [0.5, 0.6) is 0 Å². The van der Waals surface area contributed by atoms with E-state index in [0.29, 0.717) is 23.8 Å². The molecule has 3 rings (SSSR count). The Balaban J connectivity index is 1.93. The first-order chi connectivity index (χ1) is 9.19. The number of nitrogen functional groups attached to an aromatic ring is 1. The molecule has 2 aromatic rings. The van der Waals surface area contributed by atoms with Gasteiger partial charge in [-0.25, -0.2) is 4.68 Å². The molecule has 0 radical (unpaired) electrons. The van der Waals surface area contributed by atoms with Crippen molar-refractivity contribution >= 4 is 5.82 Å². The van der Waals surface area contributed by atoms with Gasteiger partial charge in [-0.2, -0.15) is 10.4 Å². The van der Waals surface area contributed by atoms with Crippen LogP contribution in [-0.4, -0.2) is 9.78 Å². The number of nitrogens with two attached hydrogens (primary N) is 1. The summed E-state index contributed by atoms with van der Waals surface area (Å²) >= 11 is 0. The van der Waals surface area contributed by atoms with Crippen LogP contribution in [0.4, 0.5) is 5.82 Å². The fourth-order valence-electron chi connectivity index (χ4n) is 2.24. The summed E-state index contributed by atoms with van der Waals surface area (Å²) in [6, 6.07) is 10.5. The topological polar surface area (TPSA) is 67.6 Å². The predicted molar refractivity (Wildman–Crippen MR) is 73.6 cm³/mol. The standard InChI is InChI=1S/C15H16N4/c1-10-2-4-11(5-3-10)9-19-15(17)13(8-16)14(18-19)12-6-7-12/h2-5,12H,6-7,9,17H2,1H3. The van der Waals surface area contributed by atoms with Gasteiger partial charge in [0.05, 0.1) is 12.2 Å². The number of hydrogen-bond acceptors (Lipinski definition) is 3. The highest BCUT2D eigenvalue weighted by molar-refractivity contribution is 5.54. The molecule has 1 aliphatic rings. The molecule has 0 saturated heterocycles. The first kappa shape index (κ1) is 11.8. The van der Waals surface area contributed by atoms with Gasteiger partial charge in [-0.3, -0.25) is 0 Å². The summed E-state index contributed by atoms with van der Waals surface area (Å²) in [5, 5.41) is 13.7. The Hall–Kier alpha value is -2.28. The predicted octanol–water partition coefficient (Wildman–Crippen LogP) is 2.57. The number of aromatic nitrogens is 2. The molecule has 0 unspecified atom stereocenters. The molecule has 1 fully saturated rings. The molecule has 4 nitrogen and oxygen atoms in total. The van der Waals surface area contributed by atoms with Crippen molar-refractivity contribution in [1.82, 2.24) is 9.78 Å². The summed E-state index contributed by atoms with van der Waals surface area (Å²) in [6.07, 6.45) is 2.24. The first-order valence-electron chi connectivity index (χ1n) is 6.51. The number of aryl methyl sites for hydroxylation is 1. The average Bonchev–Trinajstić information content (AvgIpc) is 3.19. The summed E-state index contributed by atoms with van der Waals surface area (Å²) < 4.78 is 1.75. The maximum Gasteiger partial charge on any atom is 0.140 e. The van der Waals surface area contributed by atoms with E-state index in [1.54, 1.807) is 4.68 Å². The maximum absolute atomic E-state index is 9.21. The molecule has 4 heteroatoms. The van der Waals surface area contributed by atoms with E-state index in [2.05, 4.69) is 42.4 Å². The van der Waals surface area contributed by atoms with Gasteiger partial charge in [-0.05, 0) is 25.3 Å². The molecule has 0 atom stereocenters. The number of anilines is 1. The highest BCUT2D eigenvalue weighted by Crippen LogP contribution is 2.42. The fourth-order valence-corrected chi connectivity index (χ4v) is 2.24. The largest absolute Gasteiger partial charge is 0.383 e. The van der Waals surface area contributed by atoms with Gasteiger partial charge < -0.3 is 5.73 Å². The average molecular weight is 252 g/mol. The van der Waals surface area contributed by atoms with Crippen LogP contribution in [0.15, 0.2) is 24.3 Å². The zero-order chi connectivity index (χ0) is 13.4. The normalized spacial score (nSPS) is 14.3. The molecule has 0 bridgehead atoms. The van der Waals surface area contributed by atoms with Gasteiger partial charge in [0.15, 0.2) is 0 Å². The Bertz CT molecular complexity index is 642. The number of rotatable bonds is 3. The van der Waals surface area contributed by atoms with E-state index in [1.807, 2.05) is 0 Å². The second kappa shape index (κ2) is 4.43. The van der Waals surface area contributed by atoms with Crippen LogP contribution in [0.3, 0.4) is 0 Å². The van der Waals surface area contributed by atoms with E-state index in [-0.39, 0.29) is 0 Å². The molecular weight excluding hydrogens is 236 g/mol. The monoisotopic (exact) mass is 252 g/mol. The smallest absolute Gasteiger partial charge is 0.140 e. The molecule has 1 aromatic heterocycles. The molecule has 1 heterocycles. The number of nitrogens with zero attached hydrogens (tertiary/aromatic N) is 3. The van der Waals surface area contributed by atoms with Gasteiger partial charge in [-0.1, -0.05) is 29.8 Å². The minimum absolute atomic E-state index is 0.441. The molecule has 1 aromatic carbocycles. The lowest BCUT2D eigenvalue weighted by molar-refractivity contribution is 0.681. The Morgan fingerprint density at radius 3 is 2.63 bits per heavy atom. The molecule has 1 aliphatic carbocycles. The molecule has 1 saturated carbocycles. The van der Waals surface area contributed by atoms with Crippen LogP contribution >= 0.6 is 0 Å². The van der Waals surface area contributed by atoms with Gasteiger partial charge in [0.25, 0.3) is 0 Å². The highest BCUT2D eigenvalue weighted by atomic mass is 15.3. The minimum Gasteiger partial charge on any atom is -0.383 e. The molecular formula is C15H16N4. The second-order valence-corrected chi connectivity index (χ2v) is 5.17. The summed E-state index contributed by atoms with van der Waals surface area (Å²) in [6.45, 7) is 2.68. The third kappa shape index (κ3) is 2.19. The summed E-state index contributed by atoms with van der Waals surface area (Å²) in [5.74, 6) is 0.932. The van der Waals surface area contributed by atoms with Crippen LogP contribution in [-0.2, 0) is 6.54 Å². The Morgan fingerprint density at radius 1 is 1.37 bits per heavy atom.